The van der Waals surface area contributed by atoms with Crippen LogP contribution in [0.2, 0.25) is 0 Å². The third-order valence-corrected chi connectivity index (χ3v) is 6.81. The van der Waals surface area contributed by atoms with E-state index in [4.69, 9.17) is 5.14 Å². The Bertz CT molecular complexity index is 1180. The van der Waals surface area contributed by atoms with Crippen molar-refractivity contribution < 1.29 is 18.3 Å². The molecular formula is C23H26N4O4S. The van der Waals surface area contributed by atoms with Gasteiger partial charge in [0.1, 0.15) is 0 Å². The summed E-state index contributed by atoms with van der Waals surface area (Å²) in [6, 6.07) is 13.8. The van der Waals surface area contributed by atoms with Gasteiger partial charge in [-0.1, -0.05) is 18.2 Å². The number of hydrogen-bond donors (Lipinski definition) is 2. The van der Waals surface area contributed by atoms with Crippen molar-refractivity contribution in [1.29, 1.82) is 0 Å². The van der Waals surface area contributed by atoms with E-state index in [2.05, 4.69) is 10.0 Å². The average Bonchev–Trinajstić information content (AvgIpc) is 3.07. The Morgan fingerprint density at radius 3 is 2.44 bits per heavy atom. The Morgan fingerprint density at radius 1 is 1.12 bits per heavy atom. The van der Waals surface area contributed by atoms with E-state index in [-0.39, 0.29) is 17.4 Å². The lowest BCUT2D eigenvalue weighted by Gasteiger charge is -2.32. The lowest BCUT2D eigenvalue weighted by molar-refractivity contribution is -0.114. The molecule has 0 radical (unpaired) electrons. The Morgan fingerprint density at radius 2 is 1.81 bits per heavy atom. The molecule has 0 bridgehead atoms. The molecule has 9 heteroatoms. The molecule has 32 heavy (non-hydrogen) atoms. The largest absolute Gasteiger partial charge is 0.396 e. The van der Waals surface area contributed by atoms with Gasteiger partial charge in [-0.3, -0.25) is 4.79 Å². The molecule has 2 aromatic rings. The van der Waals surface area contributed by atoms with Crippen molar-refractivity contribution in [1.82, 2.24) is 0 Å². The van der Waals surface area contributed by atoms with Crippen molar-refractivity contribution in [3.63, 3.8) is 0 Å². The molecule has 3 N–H and O–H groups in total. The number of nitrogens with two attached hydrogens (primary N) is 1. The minimum absolute atomic E-state index is 0.0771. The monoisotopic (exact) mass is 454 g/mol. The standard InChI is InChI=1S/C23H26N4O4S/c1-16-22(23(29)27(25-16)20-3-2-4-21(14-20)32(24,30)31)13-17-5-7-19(8-6-17)26-11-9-18(15-28)10-12-26/h2-8,13-14,18,28H,9-12,15H2,1H3,(H2,24,30,31)/b22-13-. The first kappa shape index (κ1) is 22.2. The molecule has 0 unspecified atom stereocenters. The molecule has 2 aliphatic heterocycles. The first-order chi connectivity index (χ1) is 15.3. The fourth-order valence-electron chi connectivity index (χ4n) is 3.97. The fraction of sp³-hybridized carbons (Fsp3) is 0.304. The lowest BCUT2D eigenvalue weighted by atomic mass is 9.97. The zero-order valence-electron chi connectivity index (χ0n) is 17.8. The molecule has 2 aromatic carbocycles. The number of carbonyl (C=O) groups excluding carboxylic acids is 1. The highest BCUT2D eigenvalue weighted by molar-refractivity contribution is 7.89. The van der Waals surface area contributed by atoms with Gasteiger partial charge in [0.05, 0.1) is 21.9 Å². The quantitative estimate of drug-likeness (QED) is 0.673. The van der Waals surface area contributed by atoms with E-state index in [1.165, 1.54) is 23.2 Å². The highest BCUT2D eigenvalue weighted by atomic mass is 32.2. The SMILES string of the molecule is CC1=NN(c2cccc(S(N)(=O)=O)c2)C(=O)/C1=C\c1ccc(N2CCC(CO)CC2)cc1. The molecule has 2 heterocycles. The van der Waals surface area contributed by atoms with Gasteiger partial charge >= 0.3 is 0 Å². The van der Waals surface area contributed by atoms with Crippen LogP contribution in [0.1, 0.15) is 25.3 Å². The highest BCUT2D eigenvalue weighted by Gasteiger charge is 2.29. The summed E-state index contributed by atoms with van der Waals surface area (Å²) in [5.41, 5.74) is 3.32. The van der Waals surface area contributed by atoms with Gasteiger partial charge in [-0.25, -0.2) is 13.6 Å². The number of nitrogens with zero attached hydrogens (tertiary/aromatic N) is 3. The first-order valence-corrected chi connectivity index (χ1v) is 12.0. The summed E-state index contributed by atoms with van der Waals surface area (Å²) in [5, 5.41) is 20.0. The van der Waals surface area contributed by atoms with E-state index >= 15 is 0 Å². The van der Waals surface area contributed by atoms with Gasteiger partial charge in [-0.2, -0.15) is 10.1 Å². The number of hydrogen-bond acceptors (Lipinski definition) is 6. The van der Waals surface area contributed by atoms with Gasteiger partial charge < -0.3 is 10.0 Å². The number of anilines is 2. The van der Waals surface area contributed by atoms with Crippen molar-refractivity contribution in [2.24, 2.45) is 16.2 Å². The van der Waals surface area contributed by atoms with Crippen molar-refractivity contribution >= 4 is 39.1 Å². The summed E-state index contributed by atoms with van der Waals surface area (Å²) < 4.78 is 23.3. The van der Waals surface area contributed by atoms with Crippen LogP contribution in [0.5, 0.6) is 0 Å². The third kappa shape index (κ3) is 4.59. The van der Waals surface area contributed by atoms with E-state index in [1.54, 1.807) is 19.1 Å². The van der Waals surface area contributed by atoms with Crippen molar-refractivity contribution in [2.45, 2.75) is 24.7 Å². The summed E-state index contributed by atoms with van der Waals surface area (Å²) in [7, 11) is -3.88. The topological polar surface area (TPSA) is 116 Å². The van der Waals surface area contributed by atoms with Crippen molar-refractivity contribution in [2.75, 3.05) is 29.6 Å². The van der Waals surface area contributed by atoms with Crippen LogP contribution in [-0.2, 0) is 14.8 Å². The molecule has 0 saturated carbocycles. The molecule has 2 aliphatic rings. The number of sulfonamides is 1. The van der Waals surface area contributed by atoms with Crippen molar-refractivity contribution in [3.05, 3.63) is 59.7 Å². The predicted molar refractivity (Wildman–Crippen MR) is 125 cm³/mol. The summed E-state index contributed by atoms with van der Waals surface area (Å²) in [6.45, 7) is 3.83. The van der Waals surface area contributed by atoms with Crippen LogP contribution in [0.3, 0.4) is 0 Å². The van der Waals surface area contributed by atoms with E-state index < -0.39 is 10.0 Å². The smallest absolute Gasteiger partial charge is 0.280 e. The van der Waals surface area contributed by atoms with Crippen molar-refractivity contribution in [3.8, 4) is 0 Å². The average molecular weight is 455 g/mol. The van der Waals surface area contributed by atoms with E-state index in [0.717, 1.165) is 37.2 Å². The van der Waals surface area contributed by atoms with Crippen LogP contribution in [0, 0.1) is 5.92 Å². The number of primary sulfonamides is 1. The molecular weight excluding hydrogens is 428 g/mol. The minimum Gasteiger partial charge on any atom is -0.396 e. The maximum Gasteiger partial charge on any atom is 0.280 e. The van der Waals surface area contributed by atoms with Crippen LogP contribution in [0.25, 0.3) is 6.08 Å². The molecule has 1 saturated heterocycles. The number of piperidine rings is 1. The zero-order valence-corrected chi connectivity index (χ0v) is 18.6. The van der Waals surface area contributed by atoms with E-state index in [0.29, 0.717) is 22.9 Å². The molecule has 0 spiro atoms. The molecule has 0 aliphatic carbocycles. The number of benzene rings is 2. The second-order valence-corrected chi connectivity index (χ2v) is 9.67. The highest BCUT2D eigenvalue weighted by Crippen LogP contribution is 2.28. The maximum absolute atomic E-state index is 13.0. The van der Waals surface area contributed by atoms with E-state index in [1.807, 2.05) is 24.3 Å². The predicted octanol–water partition coefficient (Wildman–Crippen LogP) is 2.35. The van der Waals surface area contributed by atoms with Crippen LogP contribution >= 0.6 is 0 Å². The maximum atomic E-state index is 13.0. The Labute approximate surface area is 187 Å². The molecule has 1 fully saturated rings. The first-order valence-electron chi connectivity index (χ1n) is 10.5. The van der Waals surface area contributed by atoms with E-state index in [9.17, 15) is 18.3 Å². The van der Waals surface area contributed by atoms with Gasteiger partial charge in [-0.05, 0) is 67.7 Å². The summed E-state index contributed by atoms with van der Waals surface area (Å²) >= 11 is 0. The number of amides is 1. The summed E-state index contributed by atoms with van der Waals surface area (Å²) in [4.78, 5) is 15.2. The molecule has 8 nitrogen and oxygen atoms in total. The third-order valence-electron chi connectivity index (χ3n) is 5.90. The number of aliphatic hydroxyl groups excluding tert-OH is 1. The number of carbonyl (C=O) groups is 1. The molecule has 1 amide bonds. The zero-order chi connectivity index (χ0) is 22.9. The van der Waals surface area contributed by atoms with Gasteiger partial charge in [0.15, 0.2) is 0 Å². The number of rotatable bonds is 5. The molecule has 0 atom stereocenters. The van der Waals surface area contributed by atoms with Crippen LogP contribution in [0.4, 0.5) is 11.4 Å². The van der Waals surface area contributed by atoms with Crippen LogP contribution < -0.4 is 15.0 Å². The normalized spacial score (nSPS) is 19.0. The Hall–Kier alpha value is -3.01. The van der Waals surface area contributed by atoms with Gasteiger partial charge in [0.2, 0.25) is 10.0 Å². The molecule has 0 aromatic heterocycles. The van der Waals surface area contributed by atoms with Gasteiger partial charge in [0, 0.05) is 25.4 Å². The second-order valence-electron chi connectivity index (χ2n) is 8.11. The molecule has 4 rings (SSSR count). The number of aliphatic hydroxyl groups is 1. The molecule has 168 valence electrons. The Balaban J connectivity index is 1.52. The second kappa shape index (κ2) is 8.85. The van der Waals surface area contributed by atoms with Gasteiger partial charge in [0.25, 0.3) is 5.91 Å². The lowest BCUT2D eigenvalue weighted by Crippen LogP contribution is -2.34. The van der Waals surface area contributed by atoms with Crippen LogP contribution in [-0.4, -0.2) is 44.8 Å². The van der Waals surface area contributed by atoms with Crippen LogP contribution in [0.15, 0.2) is 64.1 Å². The summed E-state index contributed by atoms with van der Waals surface area (Å²) in [5.74, 6) is 0.0590. The summed E-state index contributed by atoms with van der Waals surface area (Å²) in [6.07, 6.45) is 3.75. The Kier molecular flexibility index (Phi) is 6.14. The number of hydrazone groups is 1. The fourth-order valence-corrected chi connectivity index (χ4v) is 4.53. The minimum atomic E-state index is -3.88. The van der Waals surface area contributed by atoms with Gasteiger partial charge in [-0.15, -0.1) is 0 Å².